The molecule has 1 aromatic carbocycles. The van der Waals surface area contributed by atoms with Gasteiger partial charge in [0.1, 0.15) is 6.61 Å². The predicted octanol–water partition coefficient (Wildman–Crippen LogP) is 5.88. The minimum Gasteiger partial charge on any atom is -0.481 e. The lowest BCUT2D eigenvalue weighted by molar-refractivity contribution is -0.141. The van der Waals surface area contributed by atoms with Gasteiger partial charge in [-0.15, -0.1) is 0 Å². The van der Waals surface area contributed by atoms with Crippen LogP contribution in [0.1, 0.15) is 64.4 Å². The van der Waals surface area contributed by atoms with Crippen molar-refractivity contribution in [2.24, 2.45) is 29.6 Å². The molecule has 1 amide bonds. The molecular formula is C26H38NO6P. The molecule has 188 valence electrons. The van der Waals surface area contributed by atoms with Crippen LogP contribution in [0, 0.1) is 29.6 Å². The third-order valence-electron chi connectivity index (χ3n) is 7.62. The van der Waals surface area contributed by atoms with Gasteiger partial charge in [-0.25, -0.2) is 4.79 Å². The van der Waals surface area contributed by atoms with Crippen LogP contribution in [-0.4, -0.2) is 35.2 Å². The van der Waals surface area contributed by atoms with Crippen molar-refractivity contribution in [3.63, 3.8) is 0 Å². The van der Waals surface area contributed by atoms with E-state index in [-0.39, 0.29) is 25.0 Å². The van der Waals surface area contributed by atoms with Crippen molar-refractivity contribution in [2.45, 2.75) is 71.0 Å². The largest absolute Gasteiger partial charge is 0.481 e. The Balaban J connectivity index is 1.45. The number of carboxylic acids is 1. The van der Waals surface area contributed by atoms with Crippen molar-refractivity contribution >= 4 is 19.4 Å². The summed E-state index contributed by atoms with van der Waals surface area (Å²) in [6.07, 6.45) is 5.82. The van der Waals surface area contributed by atoms with Crippen LogP contribution in [0.4, 0.5) is 4.79 Å². The van der Waals surface area contributed by atoms with Crippen LogP contribution in [0.15, 0.2) is 30.3 Å². The fourth-order valence-corrected chi connectivity index (χ4v) is 9.29. The summed E-state index contributed by atoms with van der Waals surface area (Å²) in [6, 6.07) is 9.34. The van der Waals surface area contributed by atoms with Gasteiger partial charge in [0.2, 0.25) is 7.37 Å². The second-order valence-corrected chi connectivity index (χ2v) is 13.7. The number of benzene rings is 1. The average molecular weight is 492 g/mol. The third kappa shape index (κ3) is 6.42. The molecule has 0 spiro atoms. The maximum absolute atomic E-state index is 14.2. The van der Waals surface area contributed by atoms with Gasteiger partial charge >= 0.3 is 12.1 Å². The number of nitrogens with one attached hydrogen (secondary N) is 1. The maximum Gasteiger partial charge on any atom is 0.407 e. The number of hydrogen-bond acceptors (Lipinski definition) is 5. The molecule has 4 aliphatic carbocycles. The second kappa shape index (κ2) is 10.4. The smallest absolute Gasteiger partial charge is 0.407 e. The monoisotopic (exact) mass is 491 g/mol. The first kappa shape index (κ1) is 25.2. The van der Waals surface area contributed by atoms with Crippen LogP contribution in [-0.2, 0) is 25.2 Å². The van der Waals surface area contributed by atoms with Crippen molar-refractivity contribution < 1.29 is 28.5 Å². The maximum atomic E-state index is 14.2. The first-order chi connectivity index (χ1) is 16.1. The molecule has 4 fully saturated rings. The van der Waals surface area contributed by atoms with E-state index >= 15 is 0 Å². The van der Waals surface area contributed by atoms with Crippen molar-refractivity contribution in [1.29, 1.82) is 0 Å². The Kier molecular flexibility index (Phi) is 7.73. The molecule has 0 heterocycles. The quantitative estimate of drug-likeness (QED) is 0.375. The molecule has 4 saturated carbocycles. The van der Waals surface area contributed by atoms with Crippen LogP contribution in [0.3, 0.4) is 0 Å². The molecule has 8 heteroatoms. The Morgan fingerprint density at radius 3 is 2.21 bits per heavy atom. The second-order valence-electron chi connectivity index (χ2n) is 11.3. The highest BCUT2D eigenvalue weighted by Gasteiger charge is 2.54. The lowest BCUT2D eigenvalue weighted by atomic mass is 9.54. The summed E-state index contributed by atoms with van der Waals surface area (Å²) < 4.78 is 26.0. The number of alkyl carbamates (subject to hydrolysis) is 1. The first-order valence-corrected chi connectivity index (χ1v) is 14.6. The van der Waals surface area contributed by atoms with Gasteiger partial charge in [0, 0.05) is 6.16 Å². The van der Waals surface area contributed by atoms with Gasteiger partial charge in [0.15, 0.2) is 0 Å². The van der Waals surface area contributed by atoms with Crippen molar-refractivity contribution in [1.82, 2.24) is 5.32 Å². The lowest BCUT2D eigenvalue weighted by Crippen LogP contribution is -2.52. The Morgan fingerprint density at radius 2 is 1.68 bits per heavy atom. The topological polar surface area (TPSA) is 102 Å². The molecule has 7 nitrogen and oxygen atoms in total. The van der Waals surface area contributed by atoms with Crippen LogP contribution >= 0.6 is 7.37 Å². The van der Waals surface area contributed by atoms with Gasteiger partial charge in [-0.2, -0.15) is 0 Å². The zero-order chi connectivity index (χ0) is 24.3. The zero-order valence-electron chi connectivity index (χ0n) is 20.3. The van der Waals surface area contributed by atoms with Gasteiger partial charge in [0.05, 0.1) is 17.8 Å². The number of amides is 1. The fourth-order valence-electron chi connectivity index (χ4n) is 6.75. The van der Waals surface area contributed by atoms with E-state index in [0.29, 0.717) is 24.2 Å². The van der Waals surface area contributed by atoms with E-state index in [0.717, 1.165) is 24.8 Å². The van der Waals surface area contributed by atoms with Crippen LogP contribution in [0.25, 0.3) is 0 Å². The van der Waals surface area contributed by atoms with Crippen molar-refractivity contribution in [3.05, 3.63) is 35.9 Å². The third-order valence-corrected chi connectivity index (χ3v) is 9.98. The molecule has 5 rings (SSSR count). The summed E-state index contributed by atoms with van der Waals surface area (Å²) in [7, 11) is -3.48. The molecule has 0 aliphatic heterocycles. The standard InChI is InChI=1S/C26H38NO6P/c1-18(2)8-23(24(28)29)16-34(31,17-27-25(30)32-15-19-6-4-3-5-7-19)33-26-12-20-9-21(13-26)11-22(10-20)14-26/h3-7,18,20-23H,8-17H2,1-2H3,(H,27,30)(H,28,29). The summed E-state index contributed by atoms with van der Waals surface area (Å²) in [5, 5.41) is 12.4. The molecule has 2 N–H and O–H groups in total. The number of carboxylic acid groups (broad SMARTS) is 1. The average Bonchev–Trinajstić information content (AvgIpc) is 2.75. The van der Waals surface area contributed by atoms with E-state index in [9.17, 15) is 19.3 Å². The van der Waals surface area contributed by atoms with Crippen LogP contribution < -0.4 is 5.32 Å². The van der Waals surface area contributed by atoms with E-state index in [1.807, 2.05) is 44.2 Å². The molecule has 0 saturated heterocycles. The lowest BCUT2D eigenvalue weighted by Gasteiger charge is -2.56. The molecule has 0 aromatic heterocycles. The Morgan fingerprint density at radius 1 is 1.09 bits per heavy atom. The normalized spacial score (nSPS) is 30.0. The summed E-state index contributed by atoms with van der Waals surface area (Å²) in [6.45, 7) is 4.03. The van der Waals surface area contributed by atoms with Gasteiger partial charge in [-0.05, 0) is 74.2 Å². The van der Waals surface area contributed by atoms with Crippen LogP contribution in [0.5, 0.6) is 0 Å². The molecule has 2 atom stereocenters. The molecule has 0 radical (unpaired) electrons. The van der Waals surface area contributed by atoms with Crippen molar-refractivity contribution in [3.8, 4) is 0 Å². The number of carbonyl (C=O) groups excluding carboxylic acids is 1. The summed E-state index contributed by atoms with van der Waals surface area (Å²) in [5.74, 6) is 0.229. The number of aliphatic carboxylic acids is 1. The molecule has 4 bridgehead atoms. The number of carbonyl (C=O) groups is 2. The number of ether oxygens (including phenoxy) is 1. The fraction of sp³-hybridized carbons (Fsp3) is 0.692. The summed E-state index contributed by atoms with van der Waals surface area (Å²) in [4.78, 5) is 24.4. The zero-order valence-corrected chi connectivity index (χ0v) is 21.2. The molecule has 4 aliphatic rings. The highest BCUT2D eigenvalue weighted by molar-refractivity contribution is 7.59. The highest BCUT2D eigenvalue weighted by Crippen LogP contribution is 2.63. The van der Waals surface area contributed by atoms with Crippen LogP contribution in [0.2, 0.25) is 0 Å². The SMILES string of the molecule is CC(C)CC(CP(=O)(CNC(=O)OCc1ccccc1)OC12CC3CC(CC(C3)C1)C2)C(=O)O. The molecule has 1 aromatic rings. The Hall–Kier alpha value is -1.85. The van der Waals surface area contributed by atoms with E-state index < -0.39 is 31.0 Å². The number of hydrogen-bond donors (Lipinski definition) is 2. The van der Waals surface area contributed by atoms with E-state index in [1.54, 1.807) is 0 Å². The summed E-state index contributed by atoms with van der Waals surface area (Å²) in [5.41, 5.74) is 0.411. The minimum atomic E-state index is -3.48. The van der Waals surface area contributed by atoms with E-state index in [2.05, 4.69) is 5.32 Å². The van der Waals surface area contributed by atoms with Gasteiger partial charge in [0.25, 0.3) is 0 Å². The summed E-state index contributed by atoms with van der Waals surface area (Å²) >= 11 is 0. The Labute approximate surface area is 202 Å². The van der Waals surface area contributed by atoms with E-state index in [1.165, 1.54) is 19.3 Å². The van der Waals surface area contributed by atoms with Crippen molar-refractivity contribution in [2.75, 3.05) is 12.4 Å². The number of rotatable bonds is 11. The molecular weight excluding hydrogens is 453 g/mol. The first-order valence-electron chi connectivity index (χ1n) is 12.6. The highest BCUT2D eigenvalue weighted by atomic mass is 31.2. The minimum absolute atomic E-state index is 0.0682. The molecule has 2 unspecified atom stereocenters. The van der Waals surface area contributed by atoms with Gasteiger partial charge in [-0.3, -0.25) is 9.36 Å². The predicted molar refractivity (Wildman–Crippen MR) is 130 cm³/mol. The van der Waals surface area contributed by atoms with Gasteiger partial charge < -0.3 is 19.7 Å². The van der Waals surface area contributed by atoms with E-state index in [4.69, 9.17) is 9.26 Å². The Bertz CT molecular complexity index is 882. The molecule has 34 heavy (non-hydrogen) atoms. The van der Waals surface area contributed by atoms with Gasteiger partial charge in [-0.1, -0.05) is 44.2 Å².